The SMILES string of the molecule is C=CCC/C(C)=N\NC(=S)Nc1cccc(C)c1. The Labute approximate surface area is 114 Å². The molecule has 18 heavy (non-hydrogen) atoms. The van der Waals surface area contributed by atoms with Crippen molar-refractivity contribution >= 4 is 28.7 Å². The van der Waals surface area contributed by atoms with Crippen LogP contribution in [0, 0.1) is 6.92 Å². The molecule has 0 aliphatic heterocycles. The maximum absolute atomic E-state index is 5.16. The number of rotatable bonds is 5. The molecule has 0 radical (unpaired) electrons. The Morgan fingerprint density at radius 2 is 2.28 bits per heavy atom. The van der Waals surface area contributed by atoms with Gasteiger partial charge in [0.15, 0.2) is 5.11 Å². The van der Waals surface area contributed by atoms with Crippen LogP contribution in [0.4, 0.5) is 5.69 Å². The zero-order valence-corrected chi connectivity index (χ0v) is 11.7. The van der Waals surface area contributed by atoms with Gasteiger partial charge in [0.05, 0.1) is 0 Å². The van der Waals surface area contributed by atoms with Crippen molar-refractivity contribution in [1.82, 2.24) is 5.43 Å². The molecule has 4 heteroatoms. The average Bonchev–Trinajstić information content (AvgIpc) is 2.34. The molecule has 0 fully saturated rings. The molecule has 96 valence electrons. The first-order valence-electron chi connectivity index (χ1n) is 5.89. The number of hydrogen-bond acceptors (Lipinski definition) is 2. The first-order valence-corrected chi connectivity index (χ1v) is 6.30. The van der Waals surface area contributed by atoms with Crippen LogP contribution in [0.15, 0.2) is 42.0 Å². The third-order valence-electron chi connectivity index (χ3n) is 2.33. The van der Waals surface area contributed by atoms with Crippen LogP contribution in [-0.4, -0.2) is 10.8 Å². The highest BCUT2D eigenvalue weighted by Crippen LogP contribution is 2.09. The van der Waals surface area contributed by atoms with E-state index in [2.05, 4.69) is 22.4 Å². The quantitative estimate of drug-likeness (QED) is 0.368. The van der Waals surface area contributed by atoms with Crippen molar-refractivity contribution in [2.45, 2.75) is 26.7 Å². The molecule has 0 amide bonds. The first-order chi connectivity index (χ1) is 8.61. The largest absolute Gasteiger partial charge is 0.331 e. The number of anilines is 1. The number of benzene rings is 1. The van der Waals surface area contributed by atoms with Crippen molar-refractivity contribution < 1.29 is 0 Å². The molecule has 0 spiro atoms. The maximum Gasteiger partial charge on any atom is 0.191 e. The molecule has 2 N–H and O–H groups in total. The van der Waals surface area contributed by atoms with E-state index in [0.29, 0.717) is 5.11 Å². The van der Waals surface area contributed by atoms with E-state index in [4.69, 9.17) is 12.2 Å². The number of aryl methyl sites for hydroxylation is 1. The van der Waals surface area contributed by atoms with Crippen LogP contribution in [0.25, 0.3) is 0 Å². The van der Waals surface area contributed by atoms with Gasteiger partial charge in [0.2, 0.25) is 0 Å². The van der Waals surface area contributed by atoms with Crippen LogP contribution in [0.3, 0.4) is 0 Å². The molecule has 0 bridgehead atoms. The molecule has 1 aromatic carbocycles. The Bertz CT molecular complexity index is 452. The molecular weight excluding hydrogens is 242 g/mol. The highest BCUT2D eigenvalue weighted by atomic mass is 32.1. The molecule has 1 rings (SSSR count). The van der Waals surface area contributed by atoms with Crippen molar-refractivity contribution in [3.63, 3.8) is 0 Å². The third kappa shape index (κ3) is 5.59. The average molecular weight is 261 g/mol. The lowest BCUT2D eigenvalue weighted by molar-refractivity contribution is 0.991. The Morgan fingerprint density at radius 1 is 1.50 bits per heavy atom. The van der Waals surface area contributed by atoms with E-state index in [0.717, 1.165) is 24.2 Å². The zero-order chi connectivity index (χ0) is 13.4. The lowest BCUT2D eigenvalue weighted by Gasteiger charge is -2.08. The number of allylic oxidation sites excluding steroid dienone is 1. The lowest BCUT2D eigenvalue weighted by atomic mass is 10.2. The first kappa shape index (κ1) is 14.4. The molecule has 0 saturated heterocycles. The van der Waals surface area contributed by atoms with E-state index < -0.39 is 0 Å². The fraction of sp³-hybridized carbons (Fsp3) is 0.286. The highest BCUT2D eigenvalue weighted by Gasteiger charge is 1.97. The summed E-state index contributed by atoms with van der Waals surface area (Å²) in [6, 6.07) is 8.02. The van der Waals surface area contributed by atoms with Crippen molar-refractivity contribution in [3.8, 4) is 0 Å². The van der Waals surface area contributed by atoms with E-state index in [1.165, 1.54) is 5.56 Å². The van der Waals surface area contributed by atoms with Gasteiger partial charge in [-0.3, -0.25) is 5.43 Å². The van der Waals surface area contributed by atoms with Crippen LogP contribution < -0.4 is 10.7 Å². The maximum atomic E-state index is 5.16. The minimum Gasteiger partial charge on any atom is -0.331 e. The highest BCUT2D eigenvalue weighted by molar-refractivity contribution is 7.80. The number of thiocarbonyl (C=S) groups is 1. The summed E-state index contributed by atoms with van der Waals surface area (Å²) < 4.78 is 0. The fourth-order valence-electron chi connectivity index (χ4n) is 1.39. The molecular formula is C14H19N3S. The molecule has 0 unspecified atom stereocenters. The van der Waals surface area contributed by atoms with Crippen LogP contribution >= 0.6 is 12.2 Å². The predicted molar refractivity (Wildman–Crippen MR) is 83.1 cm³/mol. The molecule has 0 aromatic heterocycles. The molecule has 0 atom stereocenters. The smallest absolute Gasteiger partial charge is 0.191 e. The van der Waals surface area contributed by atoms with E-state index in [1.54, 1.807) is 0 Å². The topological polar surface area (TPSA) is 36.4 Å². The summed E-state index contributed by atoms with van der Waals surface area (Å²) in [4.78, 5) is 0. The van der Waals surface area contributed by atoms with Crippen molar-refractivity contribution in [2.24, 2.45) is 5.10 Å². The van der Waals surface area contributed by atoms with Crippen molar-refractivity contribution in [2.75, 3.05) is 5.32 Å². The lowest BCUT2D eigenvalue weighted by Crippen LogP contribution is -2.24. The summed E-state index contributed by atoms with van der Waals surface area (Å²) in [5.74, 6) is 0. The Balaban J connectivity index is 2.44. The number of nitrogens with one attached hydrogen (secondary N) is 2. The second-order valence-corrected chi connectivity index (χ2v) is 4.52. The van der Waals surface area contributed by atoms with E-state index >= 15 is 0 Å². The van der Waals surface area contributed by atoms with Gasteiger partial charge in [-0.15, -0.1) is 6.58 Å². The third-order valence-corrected chi connectivity index (χ3v) is 2.53. The zero-order valence-electron chi connectivity index (χ0n) is 10.9. The van der Waals surface area contributed by atoms with E-state index in [9.17, 15) is 0 Å². The minimum absolute atomic E-state index is 0.499. The van der Waals surface area contributed by atoms with Crippen LogP contribution in [-0.2, 0) is 0 Å². The summed E-state index contributed by atoms with van der Waals surface area (Å²) in [5.41, 5.74) is 5.99. The summed E-state index contributed by atoms with van der Waals surface area (Å²) >= 11 is 5.16. The Hall–Kier alpha value is -1.68. The van der Waals surface area contributed by atoms with Gasteiger partial charge in [0, 0.05) is 11.4 Å². The van der Waals surface area contributed by atoms with Gasteiger partial charge < -0.3 is 5.32 Å². The van der Waals surface area contributed by atoms with Crippen LogP contribution in [0.1, 0.15) is 25.3 Å². The summed E-state index contributed by atoms with van der Waals surface area (Å²) in [6.45, 7) is 7.68. The fourth-order valence-corrected chi connectivity index (χ4v) is 1.56. The van der Waals surface area contributed by atoms with Crippen LogP contribution in [0.2, 0.25) is 0 Å². The molecule has 1 aromatic rings. The van der Waals surface area contributed by atoms with Gasteiger partial charge in [-0.2, -0.15) is 5.10 Å². The normalized spacial score (nSPS) is 10.9. The number of hydrogen-bond donors (Lipinski definition) is 2. The van der Waals surface area contributed by atoms with E-state index in [1.807, 2.05) is 44.2 Å². The molecule has 0 saturated carbocycles. The monoisotopic (exact) mass is 261 g/mol. The second kappa shape index (κ2) is 7.61. The summed E-state index contributed by atoms with van der Waals surface area (Å²) in [6.07, 6.45) is 3.70. The molecule has 0 aliphatic carbocycles. The van der Waals surface area contributed by atoms with Gasteiger partial charge in [0.1, 0.15) is 0 Å². The van der Waals surface area contributed by atoms with E-state index in [-0.39, 0.29) is 0 Å². The molecule has 0 aliphatic rings. The van der Waals surface area contributed by atoms with Crippen LogP contribution in [0.5, 0.6) is 0 Å². The molecule has 0 heterocycles. The predicted octanol–water partition coefficient (Wildman–Crippen LogP) is 3.62. The Kier molecular flexibility index (Phi) is 6.08. The minimum atomic E-state index is 0.499. The van der Waals surface area contributed by atoms with Gasteiger partial charge in [-0.25, -0.2) is 0 Å². The number of hydrazone groups is 1. The summed E-state index contributed by atoms with van der Waals surface area (Å²) in [5, 5.41) is 7.78. The van der Waals surface area contributed by atoms with Gasteiger partial charge >= 0.3 is 0 Å². The van der Waals surface area contributed by atoms with Crippen molar-refractivity contribution in [1.29, 1.82) is 0 Å². The second-order valence-electron chi connectivity index (χ2n) is 4.11. The number of nitrogens with zero attached hydrogens (tertiary/aromatic N) is 1. The summed E-state index contributed by atoms with van der Waals surface area (Å²) in [7, 11) is 0. The van der Waals surface area contributed by atoms with Gasteiger partial charge in [-0.05, 0) is 56.6 Å². The van der Waals surface area contributed by atoms with Gasteiger partial charge in [0.25, 0.3) is 0 Å². The van der Waals surface area contributed by atoms with Crippen molar-refractivity contribution in [3.05, 3.63) is 42.5 Å². The molecule has 3 nitrogen and oxygen atoms in total. The standard InChI is InChI=1S/C14H19N3S/c1-4-5-8-12(3)16-17-14(18)15-13-9-6-7-11(2)10-13/h4,6-7,9-10H,1,5,8H2,2-3H3,(H2,15,17,18)/b16-12-. The van der Waals surface area contributed by atoms with Gasteiger partial charge in [-0.1, -0.05) is 18.2 Å². The Morgan fingerprint density at radius 3 is 2.94 bits per heavy atom.